The lowest BCUT2D eigenvalue weighted by Crippen LogP contribution is -1.99. The van der Waals surface area contributed by atoms with Crippen molar-refractivity contribution in [1.29, 1.82) is 0 Å². The Morgan fingerprint density at radius 2 is 2.27 bits per heavy atom. The molecule has 0 bridgehead atoms. The molecule has 1 saturated carbocycles. The minimum atomic E-state index is 0.858. The molecule has 2 aromatic rings. The normalized spacial score (nSPS) is 16.1. The van der Waals surface area contributed by atoms with Crippen LogP contribution in [0.1, 0.15) is 18.4 Å². The number of aromatic nitrogens is 2. The molecule has 1 aliphatic carbocycles. The van der Waals surface area contributed by atoms with E-state index in [2.05, 4.69) is 34.7 Å². The number of fused-ring (bicyclic) bond motifs is 1. The topological polar surface area (TPSA) is 20.7 Å². The van der Waals surface area contributed by atoms with Crippen molar-refractivity contribution in [3.05, 3.63) is 28.5 Å². The first-order valence-corrected chi connectivity index (χ1v) is 5.84. The van der Waals surface area contributed by atoms with Gasteiger partial charge in [-0.25, -0.2) is 0 Å². The predicted molar refractivity (Wildman–Crippen MR) is 64.6 cm³/mol. The first-order valence-electron chi connectivity index (χ1n) is 5.43. The summed E-state index contributed by atoms with van der Waals surface area (Å²) in [6.45, 7) is 3.21. The second-order valence-electron chi connectivity index (χ2n) is 4.50. The predicted octanol–water partition coefficient (Wildman–Crippen LogP) is 3.42. The molecule has 2 nitrogen and oxygen atoms in total. The third-order valence-electron chi connectivity index (χ3n) is 3.07. The minimum Gasteiger partial charge on any atom is -0.331 e. The van der Waals surface area contributed by atoms with Crippen LogP contribution in [-0.4, -0.2) is 9.55 Å². The number of hydrogen-bond acceptors (Lipinski definition) is 1. The Balaban J connectivity index is 2.20. The summed E-state index contributed by atoms with van der Waals surface area (Å²) in [6.07, 6.45) is 2.72. The number of aryl methyl sites for hydroxylation is 1. The molecule has 0 unspecified atom stereocenters. The largest absolute Gasteiger partial charge is 0.331 e. The molecule has 3 rings (SSSR count). The second kappa shape index (κ2) is 3.20. The Morgan fingerprint density at radius 1 is 1.47 bits per heavy atom. The molecule has 1 aromatic carbocycles. The smallest absolute Gasteiger partial charge is 0.178 e. The number of imidazole rings is 1. The molecule has 78 valence electrons. The van der Waals surface area contributed by atoms with E-state index in [0.29, 0.717) is 0 Å². The molecule has 1 aliphatic rings. The minimum absolute atomic E-state index is 0.858. The Kier molecular flexibility index (Phi) is 1.96. The number of nitrogens with zero attached hydrogens (tertiary/aromatic N) is 1. The SMILES string of the molecule is Cc1ccc2[nH]c(=S)n(CC3CC3)c2c1. The van der Waals surface area contributed by atoms with Crippen molar-refractivity contribution >= 4 is 23.3 Å². The van der Waals surface area contributed by atoms with E-state index in [1.54, 1.807) is 0 Å². The Morgan fingerprint density at radius 3 is 3.00 bits per heavy atom. The zero-order valence-electron chi connectivity index (χ0n) is 8.79. The van der Waals surface area contributed by atoms with E-state index in [0.717, 1.165) is 22.8 Å². The lowest BCUT2D eigenvalue weighted by molar-refractivity contribution is 0.635. The Labute approximate surface area is 93.9 Å². The van der Waals surface area contributed by atoms with Gasteiger partial charge < -0.3 is 9.55 Å². The van der Waals surface area contributed by atoms with Gasteiger partial charge >= 0.3 is 0 Å². The van der Waals surface area contributed by atoms with E-state index < -0.39 is 0 Å². The van der Waals surface area contributed by atoms with Crippen LogP contribution in [0.25, 0.3) is 11.0 Å². The van der Waals surface area contributed by atoms with Gasteiger partial charge in [0.15, 0.2) is 4.77 Å². The van der Waals surface area contributed by atoms with Gasteiger partial charge in [-0.1, -0.05) is 6.07 Å². The molecular weight excluding hydrogens is 204 g/mol. The fourth-order valence-corrected chi connectivity index (χ4v) is 2.29. The van der Waals surface area contributed by atoms with Gasteiger partial charge in [-0.05, 0) is 55.6 Å². The molecule has 0 saturated heterocycles. The number of aromatic amines is 1. The van der Waals surface area contributed by atoms with Crippen LogP contribution in [0.3, 0.4) is 0 Å². The molecule has 1 heterocycles. The zero-order chi connectivity index (χ0) is 10.4. The maximum Gasteiger partial charge on any atom is 0.178 e. The molecule has 15 heavy (non-hydrogen) atoms. The average molecular weight is 218 g/mol. The van der Waals surface area contributed by atoms with E-state index in [4.69, 9.17) is 12.2 Å². The summed E-state index contributed by atoms with van der Waals surface area (Å²) in [6, 6.07) is 6.45. The molecule has 0 atom stereocenters. The van der Waals surface area contributed by atoms with Gasteiger partial charge in [0, 0.05) is 6.54 Å². The van der Waals surface area contributed by atoms with Crippen molar-refractivity contribution in [2.24, 2.45) is 5.92 Å². The summed E-state index contributed by atoms with van der Waals surface area (Å²) in [7, 11) is 0. The molecule has 1 aromatic heterocycles. The van der Waals surface area contributed by atoms with E-state index in [1.807, 2.05) is 0 Å². The molecule has 0 aliphatic heterocycles. The van der Waals surface area contributed by atoms with Crippen molar-refractivity contribution in [1.82, 2.24) is 9.55 Å². The van der Waals surface area contributed by atoms with E-state index in [1.165, 1.54) is 23.9 Å². The first-order chi connectivity index (χ1) is 7.24. The van der Waals surface area contributed by atoms with Gasteiger partial charge in [0.25, 0.3) is 0 Å². The highest BCUT2D eigenvalue weighted by atomic mass is 32.1. The van der Waals surface area contributed by atoms with Gasteiger partial charge in [-0.15, -0.1) is 0 Å². The first kappa shape index (κ1) is 9.16. The van der Waals surface area contributed by atoms with Gasteiger partial charge in [-0.2, -0.15) is 0 Å². The van der Waals surface area contributed by atoms with Gasteiger partial charge in [0.1, 0.15) is 0 Å². The van der Waals surface area contributed by atoms with Crippen LogP contribution in [-0.2, 0) is 6.54 Å². The van der Waals surface area contributed by atoms with Crippen LogP contribution in [0.4, 0.5) is 0 Å². The number of hydrogen-bond donors (Lipinski definition) is 1. The summed E-state index contributed by atoms with van der Waals surface area (Å²) in [5.41, 5.74) is 3.71. The van der Waals surface area contributed by atoms with Crippen LogP contribution in [0.5, 0.6) is 0 Å². The van der Waals surface area contributed by atoms with Gasteiger partial charge in [0.2, 0.25) is 0 Å². The molecule has 0 spiro atoms. The van der Waals surface area contributed by atoms with Crippen molar-refractivity contribution in [2.45, 2.75) is 26.3 Å². The van der Waals surface area contributed by atoms with Crippen molar-refractivity contribution in [2.75, 3.05) is 0 Å². The quantitative estimate of drug-likeness (QED) is 0.766. The highest BCUT2D eigenvalue weighted by molar-refractivity contribution is 7.71. The number of benzene rings is 1. The third kappa shape index (κ3) is 1.61. The van der Waals surface area contributed by atoms with Crippen molar-refractivity contribution in [3.63, 3.8) is 0 Å². The molecule has 0 radical (unpaired) electrons. The average Bonchev–Trinajstić information content (AvgIpc) is 2.96. The molecule has 1 N–H and O–H groups in total. The summed E-state index contributed by atoms with van der Waals surface area (Å²) >= 11 is 5.35. The maximum atomic E-state index is 5.35. The van der Waals surface area contributed by atoms with Crippen LogP contribution in [0, 0.1) is 17.6 Å². The second-order valence-corrected chi connectivity index (χ2v) is 4.89. The van der Waals surface area contributed by atoms with Crippen LogP contribution >= 0.6 is 12.2 Å². The summed E-state index contributed by atoms with van der Waals surface area (Å²) in [4.78, 5) is 3.27. The van der Waals surface area contributed by atoms with Crippen molar-refractivity contribution in [3.8, 4) is 0 Å². The van der Waals surface area contributed by atoms with Crippen molar-refractivity contribution < 1.29 is 0 Å². The summed E-state index contributed by atoms with van der Waals surface area (Å²) < 4.78 is 3.11. The zero-order valence-corrected chi connectivity index (χ0v) is 9.60. The fourth-order valence-electron chi connectivity index (χ4n) is 2.00. The lowest BCUT2D eigenvalue weighted by atomic mass is 10.2. The van der Waals surface area contributed by atoms with Crippen LogP contribution < -0.4 is 0 Å². The summed E-state index contributed by atoms with van der Waals surface area (Å²) in [5.74, 6) is 0.858. The monoisotopic (exact) mass is 218 g/mol. The Bertz CT molecular complexity index is 560. The Hall–Kier alpha value is -1.09. The van der Waals surface area contributed by atoms with Gasteiger partial charge in [-0.3, -0.25) is 0 Å². The van der Waals surface area contributed by atoms with E-state index in [9.17, 15) is 0 Å². The lowest BCUT2D eigenvalue weighted by Gasteiger charge is -2.02. The standard InChI is InChI=1S/C12H14N2S/c1-8-2-5-10-11(6-8)14(12(15)13-10)7-9-3-4-9/h2,5-6,9H,3-4,7H2,1H3,(H,13,15). The maximum absolute atomic E-state index is 5.35. The summed E-state index contributed by atoms with van der Waals surface area (Å²) in [5, 5.41) is 0. The third-order valence-corrected chi connectivity index (χ3v) is 3.39. The molecule has 0 amide bonds. The number of rotatable bonds is 2. The van der Waals surface area contributed by atoms with E-state index >= 15 is 0 Å². The van der Waals surface area contributed by atoms with Crippen LogP contribution in [0.15, 0.2) is 18.2 Å². The van der Waals surface area contributed by atoms with E-state index in [-0.39, 0.29) is 0 Å². The highest BCUT2D eigenvalue weighted by Gasteiger charge is 2.22. The van der Waals surface area contributed by atoms with Gasteiger partial charge in [0.05, 0.1) is 11.0 Å². The molecular formula is C12H14N2S. The molecule has 3 heteroatoms. The molecule has 1 fully saturated rings. The number of nitrogens with one attached hydrogen (secondary N) is 1. The highest BCUT2D eigenvalue weighted by Crippen LogP contribution is 2.32. The fraction of sp³-hybridized carbons (Fsp3) is 0.417. The van der Waals surface area contributed by atoms with Crippen LogP contribution in [0.2, 0.25) is 0 Å². The number of H-pyrrole nitrogens is 1.